The normalized spacial score (nSPS) is 27.2. The molecular formula is C13H20N2O3. The van der Waals surface area contributed by atoms with Crippen LogP contribution in [0.5, 0.6) is 0 Å². The Morgan fingerprint density at radius 3 is 2.83 bits per heavy atom. The van der Waals surface area contributed by atoms with Gasteiger partial charge in [0.25, 0.3) is 0 Å². The number of carbonyl (C=O) groups is 2. The van der Waals surface area contributed by atoms with Gasteiger partial charge in [0.15, 0.2) is 0 Å². The first kappa shape index (κ1) is 14.5. The van der Waals surface area contributed by atoms with E-state index in [0.717, 1.165) is 12.8 Å². The van der Waals surface area contributed by atoms with Gasteiger partial charge in [-0.1, -0.05) is 25.7 Å². The minimum Gasteiger partial charge on any atom is -0.480 e. The van der Waals surface area contributed by atoms with Crippen molar-refractivity contribution in [3.8, 4) is 12.3 Å². The van der Waals surface area contributed by atoms with Crippen LogP contribution in [0.1, 0.15) is 32.6 Å². The van der Waals surface area contributed by atoms with Crippen LogP contribution in [-0.4, -0.2) is 35.6 Å². The van der Waals surface area contributed by atoms with Gasteiger partial charge in [0.05, 0.1) is 13.1 Å². The first-order valence-electron chi connectivity index (χ1n) is 6.19. The molecule has 1 fully saturated rings. The van der Waals surface area contributed by atoms with Crippen LogP contribution in [0, 0.1) is 18.3 Å². The van der Waals surface area contributed by atoms with Crippen molar-refractivity contribution in [3.63, 3.8) is 0 Å². The second-order valence-electron chi connectivity index (χ2n) is 4.94. The number of carbonyl (C=O) groups excluding carboxylic acids is 1. The quantitative estimate of drug-likeness (QED) is 0.487. The Kier molecular flexibility index (Phi) is 5.17. The van der Waals surface area contributed by atoms with Crippen molar-refractivity contribution in [2.24, 2.45) is 5.92 Å². The van der Waals surface area contributed by atoms with E-state index >= 15 is 0 Å². The average Bonchev–Trinajstić information content (AvgIpc) is 2.29. The van der Waals surface area contributed by atoms with E-state index in [1.807, 2.05) is 6.92 Å². The van der Waals surface area contributed by atoms with Gasteiger partial charge in [0.1, 0.15) is 5.54 Å². The van der Waals surface area contributed by atoms with Crippen molar-refractivity contribution in [2.75, 3.05) is 13.1 Å². The molecule has 5 heteroatoms. The molecule has 1 aliphatic carbocycles. The third-order valence-corrected chi connectivity index (χ3v) is 3.30. The first-order chi connectivity index (χ1) is 8.50. The average molecular weight is 252 g/mol. The maximum Gasteiger partial charge on any atom is 0.329 e. The smallest absolute Gasteiger partial charge is 0.329 e. The van der Waals surface area contributed by atoms with Crippen molar-refractivity contribution < 1.29 is 14.7 Å². The van der Waals surface area contributed by atoms with Crippen molar-refractivity contribution in [1.82, 2.24) is 10.6 Å². The molecule has 18 heavy (non-hydrogen) atoms. The first-order valence-corrected chi connectivity index (χ1v) is 6.19. The van der Waals surface area contributed by atoms with Gasteiger partial charge in [-0.3, -0.25) is 10.1 Å². The minimum absolute atomic E-state index is 0.0492. The van der Waals surface area contributed by atoms with E-state index in [-0.39, 0.29) is 12.5 Å². The lowest BCUT2D eigenvalue weighted by Crippen LogP contribution is -2.58. The number of terminal acetylenes is 1. The van der Waals surface area contributed by atoms with Crippen LogP contribution >= 0.6 is 0 Å². The molecule has 100 valence electrons. The van der Waals surface area contributed by atoms with Crippen molar-refractivity contribution in [2.45, 2.75) is 38.1 Å². The van der Waals surface area contributed by atoms with Gasteiger partial charge in [0, 0.05) is 0 Å². The fourth-order valence-corrected chi connectivity index (χ4v) is 2.47. The van der Waals surface area contributed by atoms with E-state index in [9.17, 15) is 14.7 Å². The predicted molar refractivity (Wildman–Crippen MR) is 67.8 cm³/mol. The molecule has 0 aromatic rings. The van der Waals surface area contributed by atoms with E-state index in [2.05, 4.69) is 16.6 Å². The van der Waals surface area contributed by atoms with Gasteiger partial charge in [0.2, 0.25) is 5.91 Å². The van der Waals surface area contributed by atoms with E-state index in [4.69, 9.17) is 6.42 Å². The van der Waals surface area contributed by atoms with Gasteiger partial charge >= 0.3 is 5.97 Å². The highest BCUT2D eigenvalue weighted by Crippen LogP contribution is 2.32. The van der Waals surface area contributed by atoms with Gasteiger partial charge in [-0.25, -0.2) is 4.79 Å². The molecule has 0 spiro atoms. The Balaban J connectivity index is 2.60. The molecule has 0 aliphatic heterocycles. The molecule has 0 aromatic heterocycles. The summed E-state index contributed by atoms with van der Waals surface area (Å²) in [4.78, 5) is 23.1. The van der Waals surface area contributed by atoms with Gasteiger partial charge in [-0.05, 0) is 18.8 Å². The van der Waals surface area contributed by atoms with Crippen molar-refractivity contribution in [3.05, 3.63) is 0 Å². The molecular weight excluding hydrogens is 232 g/mol. The minimum atomic E-state index is -1.10. The SMILES string of the molecule is C#CCNCC(=O)NC1(C(=O)O)CCCC(C)C1. The van der Waals surface area contributed by atoms with Crippen molar-refractivity contribution >= 4 is 11.9 Å². The second-order valence-corrected chi connectivity index (χ2v) is 4.94. The van der Waals surface area contributed by atoms with E-state index in [1.165, 1.54) is 0 Å². The van der Waals surface area contributed by atoms with E-state index in [1.54, 1.807) is 0 Å². The third kappa shape index (κ3) is 3.74. The van der Waals surface area contributed by atoms with Gasteiger partial charge in [-0.2, -0.15) is 0 Å². The summed E-state index contributed by atoms with van der Waals surface area (Å²) < 4.78 is 0. The Labute approximate surface area is 107 Å². The number of aliphatic carboxylic acids is 1. The third-order valence-electron chi connectivity index (χ3n) is 3.30. The number of carboxylic acid groups (broad SMARTS) is 1. The van der Waals surface area contributed by atoms with Gasteiger partial charge in [-0.15, -0.1) is 6.42 Å². The molecule has 0 saturated heterocycles. The molecule has 1 saturated carbocycles. The van der Waals surface area contributed by atoms with Gasteiger partial charge < -0.3 is 10.4 Å². The number of carboxylic acids is 1. The standard InChI is InChI=1S/C13H20N2O3/c1-3-7-14-9-11(16)15-13(12(17)18)6-4-5-10(2)8-13/h1,10,14H,4-9H2,2H3,(H,15,16)(H,17,18). The fourth-order valence-electron chi connectivity index (χ4n) is 2.47. The molecule has 1 amide bonds. The van der Waals surface area contributed by atoms with Crippen LogP contribution < -0.4 is 10.6 Å². The van der Waals surface area contributed by atoms with Crippen LogP contribution in [0.15, 0.2) is 0 Å². The lowest BCUT2D eigenvalue weighted by molar-refractivity contribution is -0.149. The molecule has 0 aromatic carbocycles. The Bertz CT molecular complexity index is 362. The lowest BCUT2D eigenvalue weighted by atomic mass is 9.76. The van der Waals surface area contributed by atoms with Crippen LogP contribution in [0.25, 0.3) is 0 Å². The van der Waals surface area contributed by atoms with Crippen LogP contribution in [0.4, 0.5) is 0 Å². The van der Waals surface area contributed by atoms with E-state index < -0.39 is 11.5 Å². The monoisotopic (exact) mass is 252 g/mol. The summed E-state index contributed by atoms with van der Waals surface area (Å²) in [6, 6.07) is 0. The van der Waals surface area contributed by atoms with Crippen LogP contribution in [-0.2, 0) is 9.59 Å². The zero-order valence-corrected chi connectivity index (χ0v) is 10.7. The zero-order chi connectivity index (χ0) is 13.6. The summed E-state index contributed by atoms with van der Waals surface area (Å²) in [6.45, 7) is 2.36. The maximum absolute atomic E-state index is 11.7. The largest absolute Gasteiger partial charge is 0.480 e. The number of hydrogen-bond acceptors (Lipinski definition) is 3. The number of hydrogen-bond donors (Lipinski definition) is 3. The fraction of sp³-hybridized carbons (Fsp3) is 0.692. The topological polar surface area (TPSA) is 78.4 Å². The Morgan fingerprint density at radius 2 is 2.28 bits per heavy atom. The molecule has 1 rings (SSSR count). The summed E-state index contributed by atoms with van der Waals surface area (Å²) >= 11 is 0. The number of amides is 1. The molecule has 1 aliphatic rings. The number of nitrogens with one attached hydrogen (secondary N) is 2. The highest BCUT2D eigenvalue weighted by atomic mass is 16.4. The van der Waals surface area contributed by atoms with E-state index in [0.29, 0.717) is 25.3 Å². The summed E-state index contributed by atoms with van der Waals surface area (Å²) in [6.07, 6.45) is 7.88. The highest BCUT2D eigenvalue weighted by molar-refractivity contribution is 5.88. The molecule has 2 atom stereocenters. The number of rotatable bonds is 5. The Morgan fingerprint density at radius 1 is 1.56 bits per heavy atom. The zero-order valence-electron chi connectivity index (χ0n) is 10.7. The summed E-state index contributed by atoms with van der Waals surface area (Å²) in [5.41, 5.74) is -1.10. The predicted octanol–water partition coefficient (Wildman–Crippen LogP) is 0.359. The highest BCUT2D eigenvalue weighted by Gasteiger charge is 2.42. The molecule has 0 radical (unpaired) electrons. The maximum atomic E-state index is 11.7. The van der Waals surface area contributed by atoms with Crippen molar-refractivity contribution in [1.29, 1.82) is 0 Å². The summed E-state index contributed by atoms with van der Waals surface area (Å²) in [7, 11) is 0. The summed E-state index contributed by atoms with van der Waals surface area (Å²) in [5, 5.41) is 14.8. The summed E-state index contributed by atoms with van der Waals surface area (Å²) in [5.74, 6) is 1.41. The molecule has 3 N–H and O–H groups in total. The molecule has 0 heterocycles. The van der Waals surface area contributed by atoms with Crippen LogP contribution in [0.3, 0.4) is 0 Å². The Hall–Kier alpha value is -1.54. The van der Waals surface area contributed by atoms with Crippen LogP contribution in [0.2, 0.25) is 0 Å². The molecule has 0 bridgehead atoms. The molecule has 2 unspecified atom stereocenters. The lowest BCUT2D eigenvalue weighted by Gasteiger charge is -2.37. The second kappa shape index (κ2) is 6.41. The molecule has 5 nitrogen and oxygen atoms in total.